The van der Waals surface area contributed by atoms with Gasteiger partial charge >= 0.3 is 0 Å². The first kappa shape index (κ1) is 13.3. The summed E-state index contributed by atoms with van der Waals surface area (Å²) in [5.74, 6) is -2.18. The maximum Gasteiger partial charge on any atom is 0.170 e. The highest BCUT2D eigenvalue weighted by atomic mass is 79.9. The lowest BCUT2D eigenvalue weighted by atomic mass is 10.1. The number of rotatable bonds is 5. The standard InChI is InChI=1S/C11H12BrF2NO/c1-2-15-6-5-9(16)10-8(13)4-3-7(12)11(10)14/h3-4,15H,2,5-6H2,1H3. The zero-order valence-electron chi connectivity index (χ0n) is 8.82. The monoisotopic (exact) mass is 291 g/mol. The second-order valence-corrected chi connectivity index (χ2v) is 4.10. The van der Waals surface area contributed by atoms with E-state index in [1.165, 1.54) is 6.07 Å². The molecule has 1 aromatic carbocycles. The zero-order chi connectivity index (χ0) is 12.1. The summed E-state index contributed by atoms with van der Waals surface area (Å²) in [6, 6.07) is 2.32. The summed E-state index contributed by atoms with van der Waals surface area (Å²) < 4.78 is 26.9. The molecule has 88 valence electrons. The summed E-state index contributed by atoms with van der Waals surface area (Å²) in [6.07, 6.45) is 0.0815. The number of carbonyl (C=O) groups excluding carboxylic acids is 1. The van der Waals surface area contributed by atoms with Gasteiger partial charge in [0.25, 0.3) is 0 Å². The first-order valence-electron chi connectivity index (χ1n) is 4.95. The van der Waals surface area contributed by atoms with Gasteiger partial charge in [-0.25, -0.2) is 8.78 Å². The molecular formula is C11H12BrF2NO. The van der Waals surface area contributed by atoms with Crippen molar-refractivity contribution in [2.75, 3.05) is 13.1 Å². The van der Waals surface area contributed by atoms with Gasteiger partial charge in [0.1, 0.15) is 5.82 Å². The highest BCUT2D eigenvalue weighted by molar-refractivity contribution is 9.10. The average molecular weight is 292 g/mol. The van der Waals surface area contributed by atoms with E-state index in [9.17, 15) is 13.6 Å². The summed E-state index contributed by atoms with van der Waals surface area (Å²) in [5, 5.41) is 2.93. The SMILES string of the molecule is CCNCCC(=O)c1c(F)ccc(Br)c1F. The maximum absolute atomic E-state index is 13.5. The van der Waals surface area contributed by atoms with Crippen molar-refractivity contribution in [3.05, 3.63) is 33.8 Å². The van der Waals surface area contributed by atoms with Crippen molar-refractivity contribution >= 4 is 21.7 Å². The minimum Gasteiger partial charge on any atom is -0.317 e. The summed E-state index contributed by atoms with van der Waals surface area (Å²) in [7, 11) is 0. The number of ketones is 1. The maximum atomic E-state index is 13.5. The molecule has 0 aliphatic carbocycles. The highest BCUT2D eigenvalue weighted by Crippen LogP contribution is 2.22. The van der Waals surface area contributed by atoms with Crippen molar-refractivity contribution in [3.63, 3.8) is 0 Å². The van der Waals surface area contributed by atoms with E-state index in [1.54, 1.807) is 0 Å². The number of halogens is 3. The molecule has 2 nitrogen and oxygen atoms in total. The number of benzene rings is 1. The van der Waals surface area contributed by atoms with Crippen molar-refractivity contribution in [1.29, 1.82) is 0 Å². The third-order valence-electron chi connectivity index (χ3n) is 2.10. The lowest BCUT2D eigenvalue weighted by molar-refractivity contribution is 0.0974. The Hall–Kier alpha value is -0.810. The number of carbonyl (C=O) groups is 1. The van der Waals surface area contributed by atoms with Crippen LogP contribution in [0.3, 0.4) is 0 Å². The molecule has 0 aliphatic rings. The highest BCUT2D eigenvalue weighted by Gasteiger charge is 2.18. The Labute approximate surface area is 101 Å². The largest absolute Gasteiger partial charge is 0.317 e. The van der Waals surface area contributed by atoms with E-state index in [2.05, 4.69) is 21.2 Å². The molecule has 0 radical (unpaired) electrons. The van der Waals surface area contributed by atoms with Crippen LogP contribution in [0.25, 0.3) is 0 Å². The van der Waals surface area contributed by atoms with Crippen molar-refractivity contribution in [2.24, 2.45) is 0 Å². The molecule has 0 aromatic heterocycles. The molecule has 5 heteroatoms. The van der Waals surface area contributed by atoms with Crippen molar-refractivity contribution in [2.45, 2.75) is 13.3 Å². The first-order chi connectivity index (χ1) is 7.57. The fourth-order valence-electron chi connectivity index (χ4n) is 1.29. The number of hydrogen-bond donors (Lipinski definition) is 1. The van der Waals surface area contributed by atoms with Crippen LogP contribution in [0.5, 0.6) is 0 Å². The van der Waals surface area contributed by atoms with Crippen LogP contribution in [0.15, 0.2) is 16.6 Å². The minimum atomic E-state index is -0.832. The Morgan fingerprint density at radius 1 is 1.44 bits per heavy atom. The van der Waals surface area contributed by atoms with Gasteiger partial charge in [0, 0.05) is 13.0 Å². The molecule has 0 heterocycles. The topological polar surface area (TPSA) is 29.1 Å². The third kappa shape index (κ3) is 3.09. The second-order valence-electron chi connectivity index (χ2n) is 3.24. The van der Waals surface area contributed by atoms with Crippen LogP contribution in [0.2, 0.25) is 0 Å². The Kier molecular flexibility index (Phi) is 5.02. The Morgan fingerprint density at radius 2 is 2.12 bits per heavy atom. The third-order valence-corrected chi connectivity index (χ3v) is 2.71. The molecule has 0 fully saturated rings. The second kappa shape index (κ2) is 6.06. The van der Waals surface area contributed by atoms with E-state index in [4.69, 9.17) is 0 Å². The number of hydrogen-bond acceptors (Lipinski definition) is 2. The Balaban J connectivity index is 2.86. The van der Waals surface area contributed by atoms with E-state index in [-0.39, 0.29) is 10.9 Å². The quantitative estimate of drug-likeness (QED) is 0.513. The van der Waals surface area contributed by atoms with Gasteiger partial charge in [-0.1, -0.05) is 6.92 Å². The van der Waals surface area contributed by atoms with Crippen LogP contribution in [0, 0.1) is 11.6 Å². The van der Waals surface area contributed by atoms with Crippen LogP contribution in [0.4, 0.5) is 8.78 Å². The summed E-state index contributed by atoms with van der Waals surface area (Å²) >= 11 is 2.92. The first-order valence-corrected chi connectivity index (χ1v) is 5.74. The predicted octanol–water partition coefficient (Wildman–Crippen LogP) is 2.91. The number of nitrogens with one attached hydrogen (secondary N) is 1. The molecule has 0 atom stereocenters. The van der Waals surface area contributed by atoms with E-state index < -0.39 is 23.0 Å². The summed E-state index contributed by atoms with van der Waals surface area (Å²) in [5.41, 5.74) is -0.465. The van der Waals surface area contributed by atoms with Gasteiger partial charge in [-0.05, 0) is 34.6 Å². The molecular weight excluding hydrogens is 280 g/mol. The van der Waals surface area contributed by atoms with Crippen LogP contribution < -0.4 is 5.32 Å². The Bertz CT molecular complexity index is 396. The smallest absolute Gasteiger partial charge is 0.170 e. The lowest BCUT2D eigenvalue weighted by Gasteiger charge is -2.05. The summed E-state index contributed by atoms with van der Waals surface area (Å²) in [6.45, 7) is 3.03. The molecule has 0 saturated heterocycles. The molecule has 0 bridgehead atoms. The molecule has 0 aliphatic heterocycles. The van der Waals surface area contributed by atoms with Crippen molar-refractivity contribution < 1.29 is 13.6 Å². The van der Waals surface area contributed by atoms with Crippen molar-refractivity contribution in [1.82, 2.24) is 5.32 Å². The normalized spacial score (nSPS) is 10.5. The van der Waals surface area contributed by atoms with Crippen LogP contribution in [-0.4, -0.2) is 18.9 Å². The van der Waals surface area contributed by atoms with E-state index in [0.29, 0.717) is 6.54 Å². The Morgan fingerprint density at radius 3 is 2.75 bits per heavy atom. The van der Waals surface area contributed by atoms with Gasteiger partial charge in [-0.3, -0.25) is 4.79 Å². The van der Waals surface area contributed by atoms with Gasteiger partial charge in [-0.2, -0.15) is 0 Å². The zero-order valence-corrected chi connectivity index (χ0v) is 10.4. The molecule has 1 rings (SSSR count). The predicted molar refractivity (Wildman–Crippen MR) is 61.5 cm³/mol. The summed E-state index contributed by atoms with van der Waals surface area (Å²) in [4.78, 5) is 11.6. The van der Waals surface area contributed by atoms with Crippen molar-refractivity contribution in [3.8, 4) is 0 Å². The van der Waals surface area contributed by atoms with E-state index in [0.717, 1.165) is 12.6 Å². The fraction of sp³-hybridized carbons (Fsp3) is 0.364. The van der Waals surface area contributed by atoms with E-state index >= 15 is 0 Å². The molecule has 1 N–H and O–H groups in total. The minimum absolute atomic E-state index is 0.0815. The number of Topliss-reactive ketones (excluding diaryl/α,β-unsaturated/α-hetero) is 1. The molecule has 0 amide bonds. The molecule has 0 spiro atoms. The van der Waals surface area contributed by atoms with Crippen LogP contribution >= 0.6 is 15.9 Å². The van der Waals surface area contributed by atoms with Gasteiger partial charge in [0.2, 0.25) is 0 Å². The molecule has 0 saturated carbocycles. The van der Waals surface area contributed by atoms with Gasteiger partial charge in [0.05, 0.1) is 10.0 Å². The fourth-order valence-corrected chi connectivity index (χ4v) is 1.62. The molecule has 0 unspecified atom stereocenters. The molecule has 1 aromatic rings. The van der Waals surface area contributed by atoms with Gasteiger partial charge in [-0.15, -0.1) is 0 Å². The van der Waals surface area contributed by atoms with Crippen LogP contribution in [-0.2, 0) is 0 Å². The average Bonchev–Trinajstić information content (AvgIpc) is 2.24. The van der Waals surface area contributed by atoms with E-state index in [1.807, 2.05) is 6.92 Å². The van der Waals surface area contributed by atoms with Gasteiger partial charge < -0.3 is 5.32 Å². The lowest BCUT2D eigenvalue weighted by Crippen LogP contribution is -2.18. The molecule has 16 heavy (non-hydrogen) atoms. The van der Waals surface area contributed by atoms with Gasteiger partial charge in [0.15, 0.2) is 11.6 Å². The van der Waals surface area contributed by atoms with Crippen LogP contribution in [0.1, 0.15) is 23.7 Å².